The van der Waals surface area contributed by atoms with Crippen LogP contribution in [0.4, 0.5) is 0 Å². The Balaban J connectivity index is 1.23. The molecule has 0 spiro atoms. The Morgan fingerprint density at radius 3 is 1.31 bits per heavy atom. The van der Waals surface area contributed by atoms with Gasteiger partial charge in [-0.25, -0.2) is 0 Å². The highest BCUT2D eigenvalue weighted by Crippen LogP contribution is 2.36. The zero-order chi connectivity index (χ0) is 32.2. The molecule has 0 bridgehead atoms. The summed E-state index contributed by atoms with van der Waals surface area (Å²) in [5, 5.41) is 1.46. The van der Waals surface area contributed by atoms with Gasteiger partial charge in [0.1, 0.15) is 22.1 Å². The van der Waals surface area contributed by atoms with E-state index < -0.39 is 0 Å². The molecule has 0 saturated carbocycles. The normalized spacial score (nSPS) is 11.5. The molecule has 226 valence electrons. The van der Waals surface area contributed by atoms with Gasteiger partial charge in [-0.1, -0.05) is 121 Å². The maximum absolute atomic E-state index is 14.3. The molecule has 0 atom stereocenters. The molecular formula is C44H26O4. The lowest BCUT2D eigenvalue weighted by molar-refractivity contribution is 0.649. The van der Waals surface area contributed by atoms with E-state index in [9.17, 15) is 9.59 Å². The van der Waals surface area contributed by atoms with Crippen LogP contribution in [0.25, 0.3) is 88.4 Å². The Morgan fingerprint density at radius 1 is 0.333 bits per heavy atom. The predicted octanol–water partition coefficient (Wildman–Crippen LogP) is 10.9. The summed E-state index contributed by atoms with van der Waals surface area (Å²) < 4.78 is 12.7. The summed E-state index contributed by atoms with van der Waals surface area (Å²) >= 11 is 0. The van der Waals surface area contributed by atoms with Crippen molar-refractivity contribution >= 4 is 43.9 Å². The third-order valence-electron chi connectivity index (χ3n) is 9.12. The van der Waals surface area contributed by atoms with Crippen molar-refractivity contribution in [1.82, 2.24) is 0 Å². The molecule has 0 N–H and O–H groups in total. The molecule has 0 unspecified atom stereocenters. The molecule has 0 aliphatic heterocycles. The van der Waals surface area contributed by atoms with Crippen molar-refractivity contribution in [3.8, 4) is 44.5 Å². The zero-order valence-corrected chi connectivity index (χ0v) is 25.6. The average molecular weight is 619 g/mol. The van der Waals surface area contributed by atoms with E-state index in [0.717, 1.165) is 44.5 Å². The topological polar surface area (TPSA) is 60.4 Å². The largest absolute Gasteiger partial charge is 0.456 e. The van der Waals surface area contributed by atoms with E-state index in [0.29, 0.717) is 32.9 Å². The van der Waals surface area contributed by atoms with Crippen molar-refractivity contribution in [2.45, 2.75) is 0 Å². The van der Waals surface area contributed by atoms with Gasteiger partial charge in [0.2, 0.25) is 10.9 Å². The monoisotopic (exact) mass is 618 g/mol. The summed E-state index contributed by atoms with van der Waals surface area (Å²) in [6.45, 7) is 0. The number of hydrogen-bond acceptors (Lipinski definition) is 4. The van der Waals surface area contributed by atoms with Gasteiger partial charge in [-0.05, 0) is 80.9 Å². The molecule has 0 aliphatic rings. The molecule has 9 rings (SSSR count). The number of hydrogen-bond donors (Lipinski definition) is 0. The maximum atomic E-state index is 14.3. The van der Waals surface area contributed by atoms with Gasteiger partial charge in [0, 0.05) is 0 Å². The van der Waals surface area contributed by atoms with Crippen LogP contribution in [0.2, 0.25) is 0 Å². The number of fused-ring (bicyclic) bond motifs is 5. The molecule has 4 nitrogen and oxygen atoms in total. The second-order valence-electron chi connectivity index (χ2n) is 11.9. The molecule has 0 fully saturated rings. The van der Waals surface area contributed by atoms with Crippen molar-refractivity contribution in [2.75, 3.05) is 0 Å². The molecule has 2 heterocycles. The first kappa shape index (κ1) is 27.8. The van der Waals surface area contributed by atoms with E-state index in [2.05, 4.69) is 48.5 Å². The molecule has 0 aliphatic carbocycles. The Hall–Kier alpha value is -6.52. The van der Waals surface area contributed by atoms with Gasteiger partial charge >= 0.3 is 0 Å². The quantitative estimate of drug-likeness (QED) is 0.145. The van der Waals surface area contributed by atoms with E-state index in [-0.39, 0.29) is 21.8 Å². The SMILES string of the molecule is O=c1c2cc(-c3ccccc3-c3ccccc3)ccc2oc2c1ccc1oc3ccc(-c4ccccc4-c4ccccc4)cc3c(=O)c12. The zero-order valence-electron chi connectivity index (χ0n) is 25.6. The number of rotatable bonds is 4. The van der Waals surface area contributed by atoms with E-state index in [4.69, 9.17) is 8.83 Å². The summed E-state index contributed by atoms with van der Waals surface area (Å²) in [5.41, 5.74) is 9.17. The minimum Gasteiger partial charge on any atom is -0.456 e. The first-order valence-electron chi connectivity index (χ1n) is 15.8. The van der Waals surface area contributed by atoms with Gasteiger partial charge in [0.25, 0.3) is 0 Å². The molecule has 48 heavy (non-hydrogen) atoms. The molecule has 0 amide bonds. The highest BCUT2D eigenvalue weighted by Gasteiger charge is 2.18. The standard InChI is InChI=1S/C44H26O4/c45-42-35-21-24-40-41(43(46)37-26-30(19-22-38(37)47-40)34-18-10-8-16-32(34)28-13-5-2-6-14-28)44(35)48-39-23-20-29(25-36(39)42)33-17-9-7-15-31(33)27-11-3-1-4-12-27/h1-26H. The molecule has 9 aromatic rings. The van der Waals surface area contributed by atoms with Crippen molar-refractivity contribution < 1.29 is 8.83 Å². The van der Waals surface area contributed by atoms with Crippen LogP contribution in [0, 0.1) is 0 Å². The summed E-state index contributed by atoms with van der Waals surface area (Å²) in [6, 6.07) is 51.4. The van der Waals surface area contributed by atoms with Gasteiger partial charge in [-0.3, -0.25) is 9.59 Å². The lowest BCUT2D eigenvalue weighted by atomic mass is 9.93. The van der Waals surface area contributed by atoms with Crippen LogP contribution < -0.4 is 10.9 Å². The molecule has 7 aromatic carbocycles. The first-order valence-corrected chi connectivity index (χ1v) is 15.8. The second kappa shape index (κ2) is 11.1. The van der Waals surface area contributed by atoms with Crippen LogP contribution in [0.5, 0.6) is 0 Å². The molecule has 2 aromatic heterocycles. The van der Waals surface area contributed by atoms with Gasteiger partial charge in [-0.2, -0.15) is 0 Å². The van der Waals surface area contributed by atoms with Gasteiger partial charge in [-0.15, -0.1) is 0 Å². The van der Waals surface area contributed by atoms with Crippen LogP contribution in [0.1, 0.15) is 0 Å². The summed E-state index contributed by atoms with van der Waals surface area (Å²) in [4.78, 5) is 28.3. The smallest absolute Gasteiger partial charge is 0.204 e. The Labute approximate surface area is 274 Å². The van der Waals surface area contributed by atoms with Crippen LogP contribution in [-0.2, 0) is 0 Å². The molecule has 4 heteroatoms. The van der Waals surface area contributed by atoms with E-state index >= 15 is 0 Å². The van der Waals surface area contributed by atoms with Gasteiger partial charge in [0.05, 0.1) is 16.2 Å². The fourth-order valence-electron chi connectivity index (χ4n) is 6.79. The maximum Gasteiger partial charge on any atom is 0.204 e. The van der Waals surface area contributed by atoms with Crippen LogP contribution in [-0.4, -0.2) is 0 Å². The van der Waals surface area contributed by atoms with Gasteiger partial charge in [0.15, 0.2) is 5.58 Å². The summed E-state index contributed by atoms with van der Waals surface area (Å²) in [6.07, 6.45) is 0. The van der Waals surface area contributed by atoms with Crippen molar-refractivity contribution in [2.24, 2.45) is 0 Å². The van der Waals surface area contributed by atoms with E-state index in [1.165, 1.54) is 0 Å². The van der Waals surface area contributed by atoms with Crippen LogP contribution >= 0.6 is 0 Å². The minimum atomic E-state index is -0.244. The lowest BCUT2D eigenvalue weighted by Crippen LogP contribution is -2.07. The van der Waals surface area contributed by atoms with E-state index in [1.807, 2.05) is 97.1 Å². The molecular weight excluding hydrogens is 592 g/mol. The van der Waals surface area contributed by atoms with Crippen LogP contribution in [0.15, 0.2) is 176 Å². The first-order chi connectivity index (χ1) is 23.6. The van der Waals surface area contributed by atoms with Gasteiger partial charge < -0.3 is 8.83 Å². The molecule has 0 radical (unpaired) electrons. The summed E-state index contributed by atoms with van der Waals surface area (Å²) in [7, 11) is 0. The fourth-order valence-corrected chi connectivity index (χ4v) is 6.79. The van der Waals surface area contributed by atoms with Crippen molar-refractivity contribution in [3.05, 3.63) is 178 Å². The summed E-state index contributed by atoms with van der Waals surface area (Å²) in [5.74, 6) is 0. The number of benzene rings is 7. The van der Waals surface area contributed by atoms with Crippen molar-refractivity contribution in [1.29, 1.82) is 0 Å². The van der Waals surface area contributed by atoms with Crippen molar-refractivity contribution in [3.63, 3.8) is 0 Å². The highest BCUT2D eigenvalue weighted by atomic mass is 16.3. The lowest BCUT2D eigenvalue weighted by Gasteiger charge is -2.12. The Morgan fingerprint density at radius 2 is 0.771 bits per heavy atom. The third-order valence-corrected chi connectivity index (χ3v) is 9.12. The van der Waals surface area contributed by atoms with Crippen LogP contribution in [0.3, 0.4) is 0 Å². The average Bonchev–Trinajstić information content (AvgIpc) is 3.15. The second-order valence-corrected chi connectivity index (χ2v) is 11.9. The molecule has 0 saturated heterocycles. The fraction of sp³-hybridized carbons (Fsp3) is 0. The Kier molecular flexibility index (Phi) is 6.41. The Bertz CT molecular complexity index is 2810. The van der Waals surface area contributed by atoms with E-state index in [1.54, 1.807) is 12.1 Å². The minimum absolute atomic E-state index is 0.197. The highest BCUT2D eigenvalue weighted by molar-refractivity contribution is 6.08. The predicted molar refractivity (Wildman–Crippen MR) is 195 cm³/mol. The third kappa shape index (κ3) is 4.46.